The van der Waals surface area contributed by atoms with Gasteiger partial charge in [-0.25, -0.2) is 0 Å². The minimum Gasteiger partial charge on any atom is -0.341 e. The standard InChI is InChI=1S/C10H22N2O/c1-7(11)9(13)12(6)8(2)10(3,4)5/h7-8H,11H2,1-6H3/t7-,8?/m1/s1. The fourth-order valence-electron chi connectivity index (χ4n) is 1.09. The second-order valence-corrected chi connectivity index (χ2v) is 4.78. The summed E-state index contributed by atoms with van der Waals surface area (Å²) in [7, 11) is 1.81. The van der Waals surface area contributed by atoms with Crippen LogP contribution < -0.4 is 5.73 Å². The summed E-state index contributed by atoms with van der Waals surface area (Å²) in [6.45, 7) is 10.1. The van der Waals surface area contributed by atoms with Crippen molar-refractivity contribution in [3.05, 3.63) is 0 Å². The second-order valence-electron chi connectivity index (χ2n) is 4.78. The summed E-state index contributed by atoms with van der Waals surface area (Å²) in [5.74, 6) is 0.00225. The Kier molecular flexibility index (Phi) is 3.91. The van der Waals surface area contributed by atoms with Crippen LogP contribution in [0.15, 0.2) is 0 Å². The highest BCUT2D eigenvalue weighted by molar-refractivity contribution is 5.81. The van der Waals surface area contributed by atoms with Gasteiger partial charge in [0.15, 0.2) is 0 Å². The molecule has 0 saturated heterocycles. The average Bonchev–Trinajstić information content (AvgIpc) is 1.98. The molecule has 0 aromatic heterocycles. The zero-order valence-electron chi connectivity index (χ0n) is 9.59. The van der Waals surface area contributed by atoms with E-state index in [9.17, 15) is 4.79 Å². The molecular formula is C10H22N2O. The van der Waals surface area contributed by atoms with Crippen molar-refractivity contribution >= 4 is 5.91 Å². The summed E-state index contributed by atoms with van der Waals surface area (Å²) < 4.78 is 0. The summed E-state index contributed by atoms with van der Waals surface area (Å²) in [4.78, 5) is 13.3. The maximum atomic E-state index is 11.5. The fourth-order valence-corrected chi connectivity index (χ4v) is 1.09. The third-order valence-electron chi connectivity index (χ3n) is 2.57. The molecular weight excluding hydrogens is 164 g/mol. The maximum Gasteiger partial charge on any atom is 0.239 e. The molecule has 0 aliphatic rings. The molecule has 0 radical (unpaired) electrons. The van der Waals surface area contributed by atoms with Gasteiger partial charge < -0.3 is 10.6 Å². The number of hydrogen-bond acceptors (Lipinski definition) is 2. The Morgan fingerprint density at radius 2 is 1.69 bits per heavy atom. The number of nitrogens with two attached hydrogens (primary N) is 1. The first-order valence-corrected chi connectivity index (χ1v) is 4.70. The third kappa shape index (κ3) is 3.35. The van der Waals surface area contributed by atoms with Crippen molar-refractivity contribution in [1.29, 1.82) is 0 Å². The van der Waals surface area contributed by atoms with Crippen LogP contribution in [0.2, 0.25) is 0 Å². The minimum absolute atomic E-state index is 0.00225. The summed E-state index contributed by atoms with van der Waals surface area (Å²) in [6.07, 6.45) is 0. The highest BCUT2D eigenvalue weighted by atomic mass is 16.2. The van der Waals surface area contributed by atoms with E-state index >= 15 is 0 Å². The molecule has 0 spiro atoms. The van der Waals surface area contributed by atoms with Gasteiger partial charge in [0, 0.05) is 13.1 Å². The number of rotatable bonds is 2. The lowest BCUT2D eigenvalue weighted by atomic mass is 9.87. The lowest BCUT2D eigenvalue weighted by molar-refractivity contribution is -0.134. The van der Waals surface area contributed by atoms with E-state index in [1.54, 1.807) is 11.8 Å². The Bertz CT molecular complexity index is 182. The monoisotopic (exact) mass is 186 g/mol. The molecule has 0 heterocycles. The molecule has 3 heteroatoms. The van der Waals surface area contributed by atoms with Gasteiger partial charge in [-0.15, -0.1) is 0 Å². The first-order chi connectivity index (χ1) is 5.68. The van der Waals surface area contributed by atoms with Gasteiger partial charge in [0.1, 0.15) is 0 Å². The van der Waals surface area contributed by atoms with Gasteiger partial charge in [-0.05, 0) is 19.3 Å². The van der Waals surface area contributed by atoms with Gasteiger partial charge in [-0.2, -0.15) is 0 Å². The van der Waals surface area contributed by atoms with Crippen LogP contribution in [-0.2, 0) is 4.79 Å². The van der Waals surface area contributed by atoms with E-state index in [1.165, 1.54) is 0 Å². The van der Waals surface area contributed by atoms with Gasteiger partial charge in [0.2, 0.25) is 5.91 Å². The Balaban J connectivity index is 4.43. The molecule has 0 bridgehead atoms. The lowest BCUT2D eigenvalue weighted by Gasteiger charge is -2.36. The molecule has 0 saturated carbocycles. The van der Waals surface area contributed by atoms with E-state index in [1.807, 2.05) is 14.0 Å². The van der Waals surface area contributed by atoms with Crippen molar-refractivity contribution in [3.8, 4) is 0 Å². The van der Waals surface area contributed by atoms with Crippen molar-refractivity contribution in [2.45, 2.75) is 46.7 Å². The van der Waals surface area contributed by atoms with Crippen LogP contribution in [0.4, 0.5) is 0 Å². The molecule has 2 atom stereocenters. The number of amides is 1. The second kappa shape index (κ2) is 4.09. The maximum absolute atomic E-state index is 11.5. The van der Waals surface area contributed by atoms with Crippen LogP contribution >= 0.6 is 0 Å². The highest BCUT2D eigenvalue weighted by Gasteiger charge is 2.27. The summed E-state index contributed by atoms with van der Waals surface area (Å²) in [5.41, 5.74) is 5.62. The van der Waals surface area contributed by atoms with E-state index in [-0.39, 0.29) is 17.4 Å². The number of carbonyl (C=O) groups excluding carboxylic acids is 1. The van der Waals surface area contributed by atoms with E-state index in [2.05, 4.69) is 20.8 Å². The van der Waals surface area contributed by atoms with Gasteiger partial charge in [-0.1, -0.05) is 20.8 Å². The van der Waals surface area contributed by atoms with Gasteiger partial charge in [-0.3, -0.25) is 4.79 Å². The molecule has 1 amide bonds. The van der Waals surface area contributed by atoms with Gasteiger partial charge in [0.25, 0.3) is 0 Å². The molecule has 3 nitrogen and oxygen atoms in total. The predicted octanol–water partition coefficient (Wildman–Crippen LogP) is 1.23. The van der Waals surface area contributed by atoms with E-state index < -0.39 is 6.04 Å². The zero-order chi connectivity index (χ0) is 10.8. The van der Waals surface area contributed by atoms with E-state index in [4.69, 9.17) is 5.73 Å². The van der Waals surface area contributed by atoms with Crippen molar-refractivity contribution in [3.63, 3.8) is 0 Å². The lowest BCUT2D eigenvalue weighted by Crippen LogP contribution is -2.48. The molecule has 2 N–H and O–H groups in total. The van der Waals surface area contributed by atoms with Crippen molar-refractivity contribution in [2.75, 3.05) is 7.05 Å². The van der Waals surface area contributed by atoms with Crippen LogP contribution in [0.1, 0.15) is 34.6 Å². The van der Waals surface area contributed by atoms with Crippen LogP contribution in [0, 0.1) is 5.41 Å². The Morgan fingerprint density at radius 1 is 1.31 bits per heavy atom. The molecule has 0 aliphatic heterocycles. The normalized spacial score (nSPS) is 16.5. The number of carbonyl (C=O) groups is 1. The fraction of sp³-hybridized carbons (Fsp3) is 0.900. The SMILES string of the molecule is CC(N(C)C(=O)[C@@H](C)N)C(C)(C)C. The third-order valence-corrected chi connectivity index (χ3v) is 2.57. The van der Waals surface area contributed by atoms with Gasteiger partial charge in [0.05, 0.1) is 6.04 Å². The largest absolute Gasteiger partial charge is 0.341 e. The zero-order valence-corrected chi connectivity index (χ0v) is 9.59. The summed E-state index contributed by atoms with van der Waals surface area (Å²) in [6, 6.07) is -0.208. The first-order valence-electron chi connectivity index (χ1n) is 4.70. The van der Waals surface area contributed by atoms with Crippen molar-refractivity contribution in [2.24, 2.45) is 11.1 Å². The molecule has 0 rings (SSSR count). The number of likely N-dealkylation sites (N-methyl/N-ethyl adjacent to an activating group) is 1. The molecule has 13 heavy (non-hydrogen) atoms. The predicted molar refractivity (Wildman–Crippen MR) is 55.3 cm³/mol. The summed E-state index contributed by atoms with van der Waals surface area (Å²) in [5, 5.41) is 0. The smallest absolute Gasteiger partial charge is 0.239 e. The highest BCUT2D eigenvalue weighted by Crippen LogP contribution is 2.23. The minimum atomic E-state index is -0.408. The van der Waals surface area contributed by atoms with Crippen LogP contribution in [0.5, 0.6) is 0 Å². The Morgan fingerprint density at radius 3 is 1.92 bits per heavy atom. The molecule has 0 aromatic carbocycles. The van der Waals surface area contributed by atoms with E-state index in [0.29, 0.717) is 0 Å². The summed E-state index contributed by atoms with van der Waals surface area (Å²) >= 11 is 0. The topological polar surface area (TPSA) is 46.3 Å². The number of hydrogen-bond donors (Lipinski definition) is 1. The van der Waals surface area contributed by atoms with E-state index in [0.717, 1.165) is 0 Å². The molecule has 0 fully saturated rings. The van der Waals surface area contributed by atoms with Crippen LogP contribution in [0.25, 0.3) is 0 Å². The molecule has 0 aliphatic carbocycles. The van der Waals surface area contributed by atoms with Crippen LogP contribution in [0.3, 0.4) is 0 Å². The van der Waals surface area contributed by atoms with Crippen LogP contribution in [-0.4, -0.2) is 29.9 Å². The molecule has 78 valence electrons. The molecule has 1 unspecified atom stereocenters. The average molecular weight is 186 g/mol. The van der Waals surface area contributed by atoms with Gasteiger partial charge >= 0.3 is 0 Å². The van der Waals surface area contributed by atoms with Crippen molar-refractivity contribution in [1.82, 2.24) is 4.90 Å². The molecule has 0 aromatic rings. The Labute approximate surface area is 81.3 Å². The Hall–Kier alpha value is -0.570. The number of nitrogens with zero attached hydrogens (tertiary/aromatic N) is 1. The quantitative estimate of drug-likeness (QED) is 0.705. The first kappa shape index (κ1) is 12.4. The van der Waals surface area contributed by atoms with Crippen molar-refractivity contribution < 1.29 is 4.79 Å².